The molecular formula is C21H24O5. The van der Waals surface area contributed by atoms with Gasteiger partial charge in [0.05, 0.1) is 26.7 Å². The van der Waals surface area contributed by atoms with E-state index in [9.17, 15) is 4.79 Å². The van der Waals surface area contributed by atoms with Gasteiger partial charge < -0.3 is 19.3 Å². The fourth-order valence-electron chi connectivity index (χ4n) is 3.31. The molecule has 2 aromatic carbocycles. The van der Waals surface area contributed by atoms with Crippen molar-refractivity contribution >= 4 is 5.97 Å². The zero-order chi connectivity index (χ0) is 18.4. The average Bonchev–Trinajstić information content (AvgIpc) is 3.03. The second kappa shape index (κ2) is 8.61. The lowest BCUT2D eigenvalue weighted by molar-refractivity contribution is -0.137. The van der Waals surface area contributed by atoms with Crippen molar-refractivity contribution in [2.45, 2.75) is 31.6 Å². The van der Waals surface area contributed by atoms with Crippen LogP contribution in [0.5, 0.6) is 17.2 Å². The number of rotatable bonds is 9. The Kier molecular flexibility index (Phi) is 6.00. The number of carbonyl (C=O) groups is 1. The van der Waals surface area contributed by atoms with Crippen LogP contribution in [-0.2, 0) is 11.2 Å². The van der Waals surface area contributed by atoms with Gasteiger partial charge in [-0.15, -0.1) is 0 Å². The van der Waals surface area contributed by atoms with E-state index >= 15 is 0 Å². The molecule has 0 aromatic heterocycles. The zero-order valence-corrected chi connectivity index (χ0v) is 14.9. The Labute approximate surface area is 153 Å². The van der Waals surface area contributed by atoms with Crippen molar-refractivity contribution in [2.75, 3.05) is 20.3 Å². The first-order valence-corrected chi connectivity index (χ1v) is 8.90. The van der Waals surface area contributed by atoms with Crippen LogP contribution >= 0.6 is 0 Å². The molecule has 5 heteroatoms. The van der Waals surface area contributed by atoms with E-state index in [1.807, 2.05) is 42.5 Å². The molecule has 5 nitrogen and oxygen atoms in total. The first-order chi connectivity index (χ1) is 12.7. The molecule has 2 aromatic rings. The second-order valence-electron chi connectivity index (χ2n) is 6.42. The van der Waals surface area contributed by atoms with E-state index in [-0.39, 0.29) is 12.3 Å². The minimum atomic E-state index is -0.736. The summed E-state index contributed by atoms with van der Waals surface area (Å²) >= 11 is 0. The van der Waals surface area contributed by atoms with Crippen LogP contribution in [0.15, 0.2) is 42.5 Å². The maximum atomic E-state index is 10.9. The van der Waals surface area contributed by atoms with Crippen LogP contribution in [0, 0.1) is 0 Å². The summed E-state index contributed by atoms with van der Waals surface area (Å²) in [5, 5.41) is 8.99. The van der Waals surface area contributed by atoms with Crippen LogP contribution in [-0.4, -0.2) is 31.4 Å². The van der Waals surface area contributed by atoms with Gasteiger partial charge in [0.15, 0.2) is 0 Å². The Hall–Kier alpha value is -2.69. The average molecular weight is 356 g/mol. The summed E-state index contributed by atoms with van der Waals surface area (Å²) in [4.78, 5) is 10.9. The van der Waals surface area contributed by atoms with Crippen molar-refractivity contribution in [1.82, 2.24) is 0 Å². The summed E-state index contributed by atoms with van der Waals surface area (Å²) in [6.07, 6.45) is 2.81. The standard InChI is InChI=1S/C21H24O5/c1-24-17-5-7-18(8-6-17)25-11-2-12-26-19-9-10-20-15(13-19)3-4-16(20)14-21(22)23/h5-10,13,16H,2-4,11-12,14H2,1H3,(H,22,23)/t16-/m0/s1. The second-order valence-corrected chi connectivity index (χ2v) is 6.42. The van der Waals surface area contributed by atoms with E-state index in [2.05, 4.69) is 0 Å². The number of aryl methyl sites for hydroxylation is 1. The number of methoxy groups -OCH3 is 1. The van der Waals surface area contributed by atoms with Crippen molar-refractivity contribution in [3.05, 3.63) is 53.6 Å². The third-order valence-corrected chi connectivity index (χ3v) is 4.62. The fraction of sp³-hybridized carbons (Fsp3) is 0.381. The molecule has 0 fully saturated rings. The first kappa shape index (κ1) is 18.1. The molecule has 138 valence electrons. The van der Waals surface area contributed by atoms with Crippen molar-refractivity contribution in [1.29, 1.82) is 0 Å². The number of ether oxygens (including phenoxy) is 3. The van der Waals surface area contributed by atoms with Gasteiger partial charge in [0.1, 0.15) is 17.2 Å². The zero-order valence-electron chi connectivity index (χ0n) is 14.9. The molecular weight excluding hydrogens is 332 g/mol. The Morgan fingerprint density at radius 3 is 2.38 bits per heavy atom. The predicted octanol–water partition coefficient (Wildman–Crippen LogP) is 4.05. The van der Waals surface area contributed by atoms with Gasteiger partial charge in [-0.05, 0) is 66.3 Å². The first-order valence-electron chi connectivity index (χ1n) is 8.90. The van der Waals surface area contributed by atoms with E-state index in [1.165, 1.54) is 5.56 Å². The van der Waals surface area contributed by atoms with E-state index in [0.717, 1.165) is 42.1 Å². The van der Waals surface area contributed by atoms with Crippen LogP contribution in [0.3, 0.4) is 0 Å². The van der Waals surface area contributed by atoms with Crippen LogP contribution < -0.4 is 14.2 Å². The maximum Gasteiger partial charge on any atom is 0.303 e. The van der Waals surface area contributed by atoms with Gasteiger partial charge in [0.2, 0.25) is 0 Å². The van der Waals surface area contributed by atoms with Crippen molar-refractivity contribution < 1.29 is 24.1 Å². The largest absolute Gasteiger partial charge is 0.497 e. The van der Waals surface area contributed by atoms with Gasteiger partial charge in [0.25, 0.3) is 0 Å². The molecule has 0 bridgehead atoms. The van der Waals surface area contributed by atoms with Crippen LogP contribution in [0.4, 0.5) is 0 Å². The number of carboxylic acid groups (broad SMARTS) is 1. The highest BCUT2D eigenvalue weighted by Gasteiger charge is 2.24. The molecule has 0 radical (unpaired) electrons. The summed E-state index contributed by atoms with van der Waals surface area (Å²) in [6, 6.07) is 13.5. The molecule has 1 aliphatic carbocycles. The molecule has 0 amide bonds. The Balaban J connectivity index is 1.42. The highest BCUT2D eigenvalue weighted by molar-refractivity contribution is 5.68. The van der Waals surface area contributed by atoms with E-state index in [4.69, 9.17) is 19.3 Å². The van der Waals surface area contributed by atoms with Crippen molar-refractivity contribution in [3.8, 4) is 17.2 Å². The Bertz CT molecular complexity index is 739. The van der Waals surface area contributed by atoms with Crippen LogP contribution in [0.25, 0.3) is 0 Å². The van der Waals surface area contributed by atoms with E-state index in [0.29, 0.717) is 13.2 Å². The molecule has 0 saturated carbocycles. The molecule has 0 aliphatic heterocycles. The van der Waals surface area contributed by atoms with E-state index < -0.39 is 5.97 Å². The molecule has 0 heterocycles. The van der Waals surface area contributed by atoms with Crippen molar-refractivity contribution in [2.24, 2.45) is 0 Å². The van der Waals surface area contributed by atoms with E-state index in [1.54, 1.807) is 7.11 Å². The molecule has 3 rings (SSSR count). The Morgan fingerprint density at radius 1 is 1.04 bits per heavy atom. The summed E-state index contributed by atoms with van der Waals surface area (Å²) in [7, 11) is 1.64. The highest BCUT2D eigenvalue weighted by Crippen LogP contribution is 2.37. The predicted molar refractivity (Wildman–Crippen MR) is 98.4 cm³/mol. The van der Waals surface area contributed by atoms with Crippen LogP contribution in [0.1, 0.15) is 36.3 Å². The van der Waals surface area contributed by atoms with Crippen LogP contribution in [0.2, 0.25) is 0 Å². The number of hydrogen-bond donors (Lipinski definition) is 1. The SMILES string of the molecule is COc1ccc(OCCCOc2ccc3c(c2)CC[C@H]3CC(=O)O)cc1. The molecule has 0 saturated heterocycles. The maximum absolute atomic E-state index is 10.9. The number of benzene rings is 2. The fourth-order valence-corrected chi connectivity index (χ4v) is 3.31. The van der Waals surface area contributed by atoms with Crippen molar-refractivity contribution in [3.63, 3.8) is 0 Å². The normalized spacial score (nSPS) is 15.3. The Morgan fingerprint density at radius 2 is 1.69 bits per heavy atom. The smallest absolute Gasteiger partial charge is 0.303 e. The minimum Gasteiger partial charge on any atom is -0.497 e. The third kappa shape index (κ3) is 4.69. The summed E-state index contributed by atoms with van der Waals surface area (Å²) in [5.74, 6) is 1.86. The monoisotopic (exact) mass is 356 g/mol. The summed E-state index contributed by atoms with van der Waals surface area (Å²) in [5.41, 5.74) is 2.37. The lowest BCUT2D eigenvalue weighted by Crippen LogP contribution is -2.05. The summed E-state index contributed by atoms with van der Waals surface area (Å²) < 4.78 is 16.6. The summed E-state index contributed by atoms with van der Waals surface area (Å²) in [6.45, 7) is 1.16. The minimum absolute atomic E-state index is 0.134. The number of carboxylic acids is 1. The highest BCUT2D eigenvalue weighted by atomic mass is 16.5. The molecule has 1 N–H and O–H groups in total. The van der Waals surface area contributed by atoms with Gasteiger partial charge in [-0.3, -0.25) is 4.79 Å². The van der Waals surface area contributed by atoms with Gasteiger partial charge in [0, 0.05) is 6.42 Å². The molecule has 0 spiro atoms. The quantitative estimate of drug-likeness (QED) is 0.687. The molecule has 26 heavy (non-hydrogen) atoms. The molecule has 1 atom stereocenters. The lowest BCUT2D eigenvalue weighted by atomic mass is 9.98. The third-order valence-electron chi connectivity index (χ3n) is 4.62. The molecule has 0 unspecified atom stereocenters. The number of hydrogen-bond acceptors (Lipinski definition) is 4. The van der Waals surface area contributed by atoms with Gasteiger partial charge >= 0.3 is 5.97 Å². The number of aliphatic carboxylic acids is 1. The lowest BCUT2D eigenvalue weighted by Gasteiger charge is -2.11. The topological polar surface area (TPSA) is 65.0 Å². The number of fused-ring (bicyclic) bond motifs is 1. The van der Waals surface area contributed by atoms with Gasteiger partial charge in [-0.1, -0.05) is 6.07 Å². The van der Waals surface area contributed by atoms with Gasteiger partial charge in [-0.25, -0.2) is 0 Å². The van der Waals surface area contributed by atoms with Gasteiger partial charge in [-0.2, -0.15) is 0 Å². The molecule has 1 aliphatic rings.